The maximum absolute atomic E-state index is 11.6. The number of hydrogen-bond donors (Lipinski definition) is 2. The lowest BCUT2D eigenvalue weighted by molar-refractivity contribution is -0.124. The van der Waals surface area contributed by atoms with Gasteiger partial charge in [0.05, 0.1) is 0 Å². The van der Waals surface area contributed by atoms with Crippen molar-refractivity contribution in [3.05, 3.63) is 0 Å². The number of hydrogen-bond acceptors (Lipinski definition) is 3. The molecule has 17 heavy (non-hydrogen) atoms. The topological polar surface area (TPSA) is 58.4 Å². The van der Waals surface area contributed by atoms with Gasteiger partial charge in [-0.3, -0.25) is 10.1 Å². The van der Waals surface area contributed by atoms with Crippen molar-refractivity contribution in [1.82, 2.24) is 10.2 Å². The third kappa shape index (κ3) is 4.64. The van der Waals surface area contributed by atoms with Crippen LogP contribution in [-0.4, -0.2) is 42.5 Å². The standard InChI is InChI=1S/C13H27N3O/c1-5-10(2)8-16(4)9-13(3,12(14)17)15-11-6-7-11/h10-11,15H,5-9H2,1-4H3,(H2,14,17). The van der Waals surface area contributed by atoms with Crippen LogP contribution in [0.4, 0.5) is 0 Å². The number of carbonyl (C=O) groups excluding carboxylic acids is 1. The summed E-state index contributed by atoms with van der Waals surface area (Å²) in [5.74, 6) is 0.401. The summed E-state index contributed by atoms with van der Waals surface area (Å²) in [7, 11) is 2.06. The maximum Gasteiger partial charge on any atom is 0.238 e. The molecular formula is C13H27N3O. The Morgan fingerprint density at radius 3 is 2.59 bits per heavy atom. The molecule has 0 aromatic carbocycles. The van der Waals surface area contributed by atoms with Gasteiger partial charge in [-0.05, 0) is 32.7 Å². The van der Waals surface area contributed by atoms with E-state index >= 15 is 0 Å². The number of amides is 1. The largest absolute Gasteiger partial charge is 0.368 e. The molecular weight excluding hydrogens is 214 g/mol. The molecule has 3 N–H and O–H groups in total. The van der Waals surface area contributed by atoms with Gasteiger partial charge in [-0.1, -0.05) is 20.3 Å². The van der Waals surface area contributed by atoms with Gasteiger partial charge in [-0.25, -0.2) is 0 Å². The van der Waals surface area contributed by atoms with Crippen molar-refractivity contribution in [3.8, 4) is 0 Å². The second kappa shape index (κ2) is 5.83. The summed E-state index contributed by atoms with van der Waals surface area (Å²) in [5.41, 5.74) is 4.94. The Morgan fingerprint density at radius 1 is 1.59 bits per heavy atom. The van der Waals surface area contributed by atoms with Crippen molar-refractivity contribution in [1.29, 1.82) is 0 Å². The first-order valence-electron chi connectivity index (χ1n) is 6.63. The monoisotopic (exact) mass is 241 g/mol. The lowest BCUT2D eigenvalue weighted by atomic mass is 9.99. The molecule has 1 fully saturated rings. The van der Waals surface area contributed by atoms with Crippen LogP contribution in [-0.2, 0) is 4.79 Å². The average molecular weight is 241 g/mol. The van der Waals surface area contributed by atoms with E-state index in [4.69, 9.17) is 5.73 Å². The number of likely N-dealkylation sites (N-methyl/N-ethyl adjacent to an activating group) is 1. The molecule has 0 radical (unpaired) electrons. The highest BCUT2D eigenvalue weighted by molar-refractivity contribution is 5.84. The third-order valence-corrected chi connectivity index (χ3v) is 3.55. The normalized spacial score (nSPS) is 21.2. The lowest BCUT2D eigenvalue weighted by Crippen LogP contribution is -2.60. The molecule has 1 rings (SSSR count). The molecule has 2 unspecified atom stereocenters. The van der Waals surface area contributed by atoms with Crippen LogP contribution >= 0.6 is 0 Å². The molecule has 0 aromatic rings. The lowest BCUT2D eigenvalue weighted by Gasteiger charge is -2.33. The van der Waals surface area contributed by atoms with Crippen molar-refractivity contribution in [2.24, 2.45) is 11.7 Å². The molecule has 0 saturated heterocycles. The van der Waals surface area contributed by atoms with E-state index in [-0.39, 0.29) is 5.91 Å². The molecule has 1 amide bonds. The van der Waals surface area contributed by atoms with E-state index in [1.165, 1.54) is 0 Å². The predicted octanol–water partition coefficient (Wildman–Crippen LogP) is 0.960. The summed E-state index contributed by atoms with van der Waals surface area (Å²) in [5, 5.41) is 3.37. The number of nitrogens with one attached hydrogen (secondary N) is 1. The molecule has 2 atom stereocenters. The van der Waals surface area contributed by atoms with Gasteiger partial charge in [-0.2, -0.15) is 0 Å². The molecule has 0 spiro atoms. The maximum atomic E-state index is 11.6. The van der Waals surface area contributed by atoms with Crippen LogP contribution in [0.1, 0.15) is 40.0 Å². The fourth-order valence-electron chi connectivity index (χ4n) is 2.14. The van der Waals surface area contributed by atoms with Crippen LogP contribution in [0, 0.1) is 5.92 Å². The van der Waals surface area contributed by atoms with Crippen molar-refractivity contribution in [2.75, 3.05) is 20.1 Å². The number of rotatable bonds is 8. The van der Waals surface area contributed by atoms with Crippen LogP contribution in [0.5, 0.6) is 0 Å². The number of primary amides is 1. The van der Waals surface area contributed by atoms with Crippen molar-refractivity contribution < 1.29 is 4.79 Å². The average Bonchev–Trinajstić information content (AvgIpc) is 3.00. The van der Waals surface area contributed by atoms with E-state index in [1.54, 1.807) is 0 Å². The molecule has 0 heterocycles. The van der Waals surface area contributed by atoms with Gasteiger partial charge in [-0.15, -0.1) is 0 Å². The van der Waals surface area contributed by atoms with Crippen LogP contribution in [0.2, 0.25) is 0 Å². The smallest absolute Gasteiger partial charge is 0.238 e. The van der Waals surface area contributed by atoms with Crippen molar-refractivity contribution in [2.45, 2.75) is 51.6 Å². The van der Waals surface area contributed by atoms with Crippen LogP contribution in [0.25, 0.3) is 0 Å². The van der Waals surface area contributed by atoms with Crippen LogP contribution in [0.15, 0.2) is 0 Å². The van der Waals surface area contributed by atoms with Crippen molar-refractivity contribution in [3.63, 3.8) is 0 Å². The summed E-state index contributed by atoms with van der Waals surface area (Å²) in [6, 6.07) is 0.490. The number of nitrogens with two attached hydrogens (primary N) is 1. The summed E-state index contributed by atoms with van der Waals surface area (Å²) in [4.78, 5) is 13.8. The van der Waals surface area contributed by atoms with Gasteiger partial charge in [0.1, 0.15) is 5.54 Å². The minimum atomic E-state index is -0.594. The second-order valence-electron chi connectivity index (χ2n) is 5.83. The second-order valence-corrected chi connectivity index (χ2v) is 5.83. The number of nitrogens with zero attached hydrogens (tertiary/aromatic N) is 1. The van der Waals surface area contributed by atoms with E-state index in [0.29, 0.717) is 18.5 Å². The van der Waals surface area contributed by atoms with Gasteiger partial charge < -0.3 is 10.6 Å². The Hall–Kier alpha value is -0.610. The van der Waals surface area contributed by atoms with E-state index in [9.17, 15) is 4.79 Å². The first-order chi connectivity index (χ1) is 7.87. The minimum Gasteiger partial charge on any atom is -0.368 e. The zero-order valence-corrected chi connectivity index (χ0v) is 11.6. The SMILES string of the molecule is CCC(C)CN(C)CC(C)(NC1CC1)C(N)=O. The van der Waals surface area contributed by atoms with Crippen LogP contribution < -0.4 is 11.1 Å². The molecule has 100 valence electrons. The Balaban J connectivity index is 2.49. The fourth-order valence-corrected chi connectivity index (χ4v) is 2.14. The molecule has 0 bridgehead atoms. The zero-order chi connectivity index (χ0) is 13.1. The summed E-state index contributed by atoms with van der Waals surface area (Å²) in [6.07, 6.45) is 3.49. The van der Waals surface area contributed by atoms with Gasteiger partial charge in [0, 0.05) is 19.1 Å². The predicted molar refractivity (Wildman–Crippen MR) is 70.7 cm³/mol. The molecule has 0 aromatic heterocycles. The Labute approximate surface area is 105 Å². The molecule has 4 nitrogen and oxygen atoms in total. The Morgan fingerprint density at radius 2 is 2.18 bits per heavy atom. The Bertz CT molecular complexity index is 265. The summed E-state index contributed by atoms with van der Waals surface area (Å²) < 4.78 is 0. The van der Waals surface area contributed by atoms with Crippen molar-refractivity contribution >= 4 is 5.91 Å². The zero-order valence-electron chi connectivity index (χ0n) is 11.6. The summed E-state index contributed by atoms with van der Waals surface area (Å²) in [6.45, 7) is 8.02. The van der Waals surface area contributed by atoms with E-state index in [0.717, 1.165) is 25.8 Å². The highest BCUT2D eigenvalue weighted by atomic mass is 16.1. The van der Waals surface area contributed by atoms with Crippen LogP contribution in [0.3, 0.4) is 0 Å². The van der Waals surface area contributed by atoms with Gasteiger partial charge in [0.25, 0.3) is 0 Å². The van der Waals surface area contributed by atoms with E-state index in [1.807, 2.05) is 6.92 Å². The highest BCUT2D eigenvalue weighted by Gasteiger charge is 2.37. The van der Waals surface area contributed by atoms with Gasteiger partial charge >= 0.3 is 0 Å². The molecule has 0 aliphatic heterocycles. The molecule has 1 aliphatic rings. The molecule has 4 heteroatoms. The quantitative estimate of drug-likeness (QED) is 0.665. The minimum absolute atomic E-state index is 0.250. The summed E-state index contributed by atoms with van der Waals surface area (Å²) >= 11 is 0. The molecule has 1 saturated carbocycles. The van der Waals surface area contributed by atoms with E-state index in [2.05, 4.69) is 31.1 Å². The van der Waals surface area contributed by atoms with Gasteiger partial charge in [0.15, 0.2) is 0 Å². The third-order valence-electron chi connectivity index (χ3n) is 3.55. The fraction of sp³-hybridized carbons (Fsp3) is 0.923. The first kappa shape index (κ1) is 14.5. The van der Waals surface area contributed by atoms with E-state index < -0.39 is 5.54 Å². The number of carbonyl (C=O) groups is 1. The highest BCUT2D eigenvalue weighted by Crippen LogP contribution is 2.23. The first-order valence-corrected chi connectivity index (χ1v) is 6.63. The Kier molecular flexibility index (Phi) is 4.95. The van der Waals surface area contributed by atoms with Gasteiger partial charge in [0.2, 0.25) is 5.91 Å². The molecule has 1 aliphatic carbocycles.